The molecule has 0 aliphatic rings. The van der Waals surface area contributed by atoms with Gasteiger partial charge in [0.05, 0.1) is 0 Å². The molecule has 2 aromatic rings. The molecule has 0 aromatic heterocycles. The molecule has 25 heavy (non-hydrogen) atoms. The lowest BCUT2D eigenvalue weighted by atomic mass is 10.1. The monoisotopic (exact) mass is 338 g/mol. The summed E-state index contributed by atoms with van der Waals surface area (Å²) in [5, 5.41) is 3.43. The van der Waals surface area contributed by atoms with Crippen LogP contribution in [0.3, 0.4) is 0 Å². The van der Waals surface area contributed by atoms with Crippen LogP contribution >= 0.6 is 0 Å². The third kappa shape index (κ3) is 6.81. The van der Waals surface area contributed by atoms with Gasteiger partial charge in [-0.2, -0.15) is 0 Å². The van der Waals surface area contributed by atoms with Crippen molar-refractivity contribution in [1.29, 1.82) is 0 Å². The van der Waals surface area contributed by atoms with Gasteiger partial charge in [-0.05, 0) is 30.2 Å². The Bertz CT molecular complexity index is 709. The van der Waals surface area contributed by atoms with E-state index in [9.17, 15) is 4.79 Å². The molecule has 132 valence electrons. The Morgan fingerprint density at radius 3 is 2.60 bits per heavy atom. The molecule has 0 saturated carbocycles. The largest absolute Gasteiger partial charge is 0.484 e. The van der Waals surface area contributed by atoms with E-state index in [0.29, 0.717) is 5.75 Å². The van der Waals surface area contributed by atoms with E-state index in [4.69, 9.17) is 4.74 Å². The number of hydrogen-bond donors (Lipinski definition) is 1. The van der Waals surface area contributed by atoms with Gasteiger partial charge in [-0.1, -0.05) is 54.1 Å². The van der Waals surface area contributed by atoms with Crippen molar-refractivity contribution >= 4 is 12.0 Å². The van der Waals surface area contributed by atoms with Crippen molar-refractivity contribution in [3.8, 4) is 5.75 Å². The summed E-state index contributed by atoms with van der Waals surface area (Å²) in [6.07, 6.45) is 2.18. The Labute approximate surface area is 150 Å². The molecule has 0 fully saturated rings. The lowest BCUT2D eigenvalue weighted by molar-refractivity contribution is -0.130. The smallest absolute Gasteiger partial charge is 0.259 e. The van der Waals surface area contributed by atoms with E-state index in [1.54, 1.807) is 14.1 Å². The highest BCUT2D eigenvalue weighted by Crippen LogP contribution is 2.13. The van der Waals surface area contributed by atoms with E-state index >= 15 is 0 Å². The number of rotatable bonds is 8. The van der Waals surface area contributed by atoms with E-state index in [1.165, 1.54) is 16.0 Å². The molecule has 0 aliphatic heterocycles. The molecule has 0 heterocycles. The number of hydrogen-bond acceptors (Lipinski definition) is 3. The number of carbonyl (C=O) groups is 1. The molecule has 0 saturated heterocycles. The first kappa shape index (κ1) is 18.7. The minimum absolute atomic E-state index is 0.0507. The Balaban J connectivity index is 1.82. The number of likely N-dealkylation sites (N-methyl/N-ethyl adjacent to an activating group) is 1. The zero-order valence-electron chi connectivity index (χ0n) is 15.2. The lowest BCUT2D eigenvalue weighted by Gasteiger charge is -2.12. The van der Waals surface area contributed by atoms with Crippen molar-refractivity contribution in [2.75, 3.05) is 27.2 Å². The van der Waals surface area contributed by atoms with Gasteiger partial charge in [-0.15, -0.1) is 0 Å². The molecule has 4 heteroatoms. The summed E-state index contributed by atoms with van der Waals surface area (Å²) in [5.41, 5.74) is 3.61. The van der Waals surface area contributed by atoms with Gasteiger partial charge in [0, 0.05) is 27.2 Å². The van der Waals surface area contributed by atoms with E-state index in [0.717, 1.165) is 18.7 Å². The van der Waals surface area contributed by atoms with Gasteiger partial charge in [0.15, 0.2) is 6.61 Å². The highest BCUT2D eigenvalue weighted by atomic mass is 16.5. The van der Waals surface area contributed by atoms with Gasteiger partial charge in [-0.3, -0.25) is 4.79 Å². The molecule has 2 aromatic carbocycles. The van der Waals surface area contributed by atoms with Crippen molar-refractivity contribution in [1.82, 2.24) is 10.2 Å². The van der Waals surface area contributed by atoms with Gasteiger partial charge < -0.3 is 15.0 Å². The fraction of sp³-hybridized carbons (Fsp3) is 0.286. The minimum Gasteiger partial charge on any atom is -0.484 e. The third-order valence-corrected chi connectivity index (χ3v) is 3.71. The maximum atomic E-state index is 11.6. The lowest BCUT2D eigenvalue weighted by Crippen LogP contribution is -2.27. The van der Waals surface area contributed by atoms with Crippen LogP contribution in [0, 0.1) is 0 Å². The molecule has 2 rings (SSSR count). The van der Waals surface area contributed by atoms with Gasteiger partial charge in [0.25, 0.3) is 5.91 Å². The predicted molar refractivity (Wildman–Crippen MR) is 102 cm³/mol. The van der Waals surface area contributed by atoms with E-state index in [-0.39, 0.29) is 12.5 Å². The predicted octanol–water partition coefficient (Wildman–Crippen LogP) is 3.35. The van der Waals surface area contributed by atoms with E-state index < -0.39 is 0 Å². The molecular weight excluding hydrogens is 312 g/mol. The van der Waals surface area contributed by atoms with Crippen molar-refractivity contribution in [3.05, 3.63) is 71.3 Å². The Morgan fingerprint density at radius 2 is 1.88 bits per heavy atom. The molecule has 0 radical (unpaired) electrons. The van der Waals surface area contributed by atoms with Crippen molar-refractivity contribution in [3.63, 3.8) is 0 Å². The first-order chi connectivity index (χ1) is 12.0. The second-order valence-electron chi connectivity index (χ2n) is 6.23. The van der Waals surface area contributed by atoms with Gasteiger partial charge in [0.2, 0.25) is 0 Å². The molecule has 0 unspecified atom stereocenters. The van der Waals surface area contributed by atoms with E-state index in [1.807, 2.05) is 42.5 Å². The average molecular weight is 338 g/mol. The van der Waals surface area contributed by atoms with Crippen LogP contribution < -0.4 is 10.1 Å². The maximum absolute atomic E-state index is 11.6. The zero-order valence-corrected chi connectivity index (χ0v) is 15.2. The molecule has 0 bridgehead atoms. The number of nitrogens with one attached hydrogen (secondary N) is 1. The summed E-state index contributed by atoms with van der Waals surface area (Å²) in [6.45, 7) is 3.74. The Morgan fingerprint density at radius 1 is 1.12 bits per heavy atom. The van der Waals surface area contributed by atoms with Gasteiger partial charge in [-0.25, -0.2) is 0 Å². The average Bonchev–Trinajstić information content (AvgIpc) is 2.61. The number of amides is 1. The molecule has 1 N–H and O–H groups in total. The van der Waals surface area contributed by atoms with Gasteiger partial charge >= 0.3 is 0 Å². The summed E-state index contributed by atoms with van der Waals surface area (Å²) in [6, 6.07) is 18.1. The minimum atomic E-state index is -0.0507. The molecular formula is C21H26N2O2. The number of carbonyl (C=O) groups excluding carboxylic acids is 1. The third-order valence-electron chi connectivity index (χ3n) is 3.71. The number of benzene rings is 2. The standard InChI is InChI=1S/C21H26N2O2/c1-17(12-18-8-5-4-6-9-18)14-22-15-19-10-7-11-20(13-19)25-16-21(24)23(2)3/h4-13,22H,14-16H2,1-3H3/b17-12+. The fourth-order valence-electron chi connectivity index (χ4n) is 2.31. The van der Waals surface area contributed by atoms with Crippen LogP contribution in [-0.2, 0) is 11.3 Å². The van der Waals surface area contributed by atoms with Crippen molar-refractivity contribution < 1.29 is 9.53 Å². The second kappa shape index (κ2) is 9.64. The Kier molecular flexibility index (Phi) is 7.23. The first-order valence-corrected chi connectivity index (χ1v) is 8.39. The number of ether oxygens (including phenoxy) is 1. The second-order valence-corrected chi connectivity index (χ2v) is 6.23. The molecule has 0 atom stereocenters. The van der Waals surface area contributed by atoms with E-state index in [2.05, 4.69) is 30.4 Å². The normalized spacial score (nSPS) is 11.2. The summed E-state index contributed by atoms with van der Waals surface area (Å²) < 4.78 is 5.55. The summed E-state index contributed by atoms with van der Waals surface area (Å²) in [4.78, 5) is 13.1. The summed E-state index contributed by atoms with van der Waals surface area (Å²) in [7, 11) is 3.44. The van der Waals surface area contributed by atoms with Crippen LogP contribution in [0.4, 0.5) is 0 Å². The molecule has 4 nitrogen and oxygen atoms in total. The van der Waals surface area contributed by atoms with Gasteiger partial charge in [0.1, 0.15) is 5.75 Å². The van der Waals surface area contributed by atoms with Crippen LogP contribution in [0.5, 0.6) is 5.75 Å². The zero-order chi connectivity index (χ0) is 18.1. The Hall–Kier alpha value is -2.59. The first-order valence-electron chi connectivity index (χ1n) is 8.39. The van der Waals surface area contributed by atoms with Crippen LogP contribution in [0.15, 0.2) is 60.2 Å². The highest BCUT2D eigenvalue weighted by molar-refractivity contribution is 5.77. The number of nitrogens with zero attached hydrogens (tertiary/aromatic N) is 1. The summed E-state index contributed by atoms with van der Waals surface area (Å²) >= 11 is 0. The molecule has 0 aliphatic carbocycles. The van der Waals surface area contributed by atoms with Crippen LogP contribution in [0.1, 0.15) is 18.1 Å². The van der Waals surface area contributed by atoms with Crippen molar-refractivity contribution in [2.24, 2.45) is 0 Å². The van der Waals surface area contributed by atoms with Crippen LogP contribution in [0.25, 0.3) is 6.08 Å². The van der Waals surface area contributed by atoms with Crippen molar-refractivity contribution in [2.45, 2.75) is 13.5 Å². The fourth-order valence-corrected chi connectivity index (χ4v) is 2.31. The topological polar surface area (TPSA) is 41.6 Å². The SMILES string of the molecule is C/C(=C\c1ccccc1)CNCc1cccc(OCC(=O)N(C)C)c1. The molecule has 0 spiro atoms. The molecule has 1 amide bonds. The van der Waals surface area contributed by atoms with Crippen LogP contribution in [-0.4, -0.2) is 38.1 Å². The maximum Gasteiger partial charge on any atom is 0.259 e. The quantitative estimate of drug-likeness (QED) is 0.802. The highest BCUT2D eigenvalue weighted by Gasteiger charge is 2.05. The summed E-state index contributed by atoms with van der Waals surface area (Å²) in [5.74, 6) is 0.663. The van der Waals surface area contributed by atoms with Crippen LogP contribution in [0.2, 0.25) is 0 Å².